The van der Waals surface area contributed by atoms with E-state index in [1.807, 2.05) is 0 Å². The van der Waals surface area contributed by atoms with Crippen molar-refractivity contribution in [2.45, 2.75) is 19.3 Å². The van der Waals surface area contributed by atoms with Gasteiger partial charge >= 0.3 is 5.97 Å². The molecule has 4 nitrogen and oxygen atoms in total. The van der Waals surface area contributed by atoms with Crippen LogP contribution in [0.25, 0.3) is 0 Å². The van der Waals surface area contributed by atoms with Gasteiger partial charge in [-0.25, -0.2) is 4.39 Å². The Kier molecular flexibility index (Phi) is 4.74. The number of aryl methyl sites for hydroxylation is 1. The first-order valence-corrected chi connectivity index (χ1v) is 6.50. The Labute approximate surface area is 111 Å². The van der Waals surface area contributed by atoms with Crippen LogP contribution in [-0.2, 0) is 16.0 Å². The number of carbonyl (C=O) groups is 1. The summed E-state index contributed by atoms with van der Waals surface area (Å²) in [6.07, 6.45) is 1.21. The van der Waals surface area contributed by atoms with E-state index in [2.05, 4.69) is 4.90 Å². The first-order chi connectivity index (χ1) is 9.16. The Balaban J connectivity index is 2.10. The Morgan fingerprint density at radius 1 is 1.37 bits per heavy atom. The van der Waals surface area contributed by atoms with Gasteiger partial charge in [-0.05, 0) is 36.6 Å². The van der Waals surface area contributed by atoms with Gasteiger partial charge in [0.05, 0.1) is 13.2 Å². The molecule has 0 radical (unpaired) electrons. The number of anilines is 1. The molecule has 0 unspecified atom stereocenters. The van der Waals surface area contributed by atoms with Gasteiger partial charge in [0.15, 0.2) is 0 Å². The van der Waals surface area contributed by atoms with E-state index in [-0.39, 0.29) is 12.2 Å². The van der Waals surface area contributed by atoms with Crippen LogP contribution in [0.5, 0.6) is 0 Å². The summed E-state index contributed by atoms with van der Waals surface area (Å²) in [6, 6.07) is 4.73. The summed E-state index contributed by atoms with van der Waals surface area (Å²) >= 11 is 0. The van der Waals surface area contributed by atoms with E-state index in [4.69, 9.17) is 9.84 Å². The van der Waals surface area contributed by atoms with E-state index in [0.29, 0.717) is 26.1 Å². The molecule has 0 saturated carbocycles. The maximum Gasteiger partial charge on any atom is 0.303 e. The summed E-state index contributed by atoms with van der Waals surface area (Å²) in [7, 11) is 0. The summed E-state index contributed by atoms with van der Waals surface area (Å²) in [6.45, 7) is 2.92. The summed E-state index contributed by atoms with van der Waals surface area (Å²) in [5.74, 6) is -1.09. The minimum absolute atomic E-state index is 0.110. The fourth-order valence-electron chi connectivity index (χ4n) is 2.30. The number of hydrogen-bond donors (Lipinski definition) is 1. The zero-order valence-electron chi connectivity index (χ0n) is 10.8. The average molecular weight is 267 g/mol. The summed E-state index contributed by atoms with van der Waals surface area (Å²) in [5, 5.41) is 8.66. The molecule has 1 saturated heterocycles. The zero-order valence-corrected chi connectivity index (χ0v) is 10.8. The van der Waals surface area contributed by atoms with Crippen LogP contribution < -0.4 is 4.90 Å². The topological polar surface area (TPSA) is 49.8 Å². The molecule has 0 spiro atoms. The van der Waals surface area contributed by atoms with Crippen LogP contribution in [0.4, 0.5) is 10.1 Å². The minimum atomic E-state index is -0.815. The van der Waals surface area contributed by atoms with Gasteiger partial charge < -0.3 is 14.7 Å². The third kappa shape index (κ3) is 3.92. The Morgan fingerprint density at radius 2 is 2.11 bits per heavy atom. The van der Waals surface area contributed by atoms with Crippen molar-refractivity contribution in [1.82, 2.24) is 0 Å². The molecule has 104 valence electrons. The minimum Gasteiger partial charge on any atom is -0.481 e. The molecular formula is C14H18FNO3. The normalized spacial score (nSPS) is 15.5. The monoisotopic (exact) mass is 267 g/mol. The molecule has 1 fully saturated rings. The molecule has 0 bridgehead atoms. The first-order valence-electron chi connectivity index (χ1n) is 6.50. The lowest BCUT2D eigenvalue weighted by molar-refractivity contribution is -0.137. The molecule has 19 heavy (non-hydrogen) atoms. The van der Waals surface area contributed by atoms with Crippen molar-refractivity contribution in [1.29, 1.82) is 0 Å². The molecular weight excluding hydrogens is 249 g/mol. The molecule has 1 aliphatic heterocycles. The van der Waals surface area contributed by atoms with Crippen LogP contribution in [0.3, 0.4) is 0 Å². The van der Waals surface area contributed by atoms with E-state index in [1.165, 1.54) is 12.1 Å². The average Bonchev–Trinajstić information content (AvgIpc) is 2.39. The summed E-state index contributed by atoms with van der Waals surface area (Å²) in [5.41, 5.74) is 1.87. The lowest BCUT2D eigenvalue weighted by atomic mass is 10.0. The molecule has 0 aliphatic carbocycles. The van der Waals surface area contributed by atoms with Gasteiger partial charge in [-0.3, -0.25) is 4.79 Å². The van der Waals surface area contributed by atoms with Crippen LogP contribution in [0, 0.1) is 5.82 Å². The van der Waals surface area contributed by atoms with Crippen molar-refractivity contribution >= 4 is 11.7 Å². The highest BCUT2D eigenvalue weighted by molar-refractivity contribution is 5.66. The van der Waals surface area contributed by atoms with Crippen molar-refractivity contribution in [3.63, 3.8) is 0 Å². The van der Waals surface area contributed by atoms with Gasteiger partial charge in [0.1, 0.15) is 5.82 Å². The fraction of sp³-hybridized carbons (Fsp3) is 0.500. The Morgan fingerprint density at radius 3 is 2.79 bits per heavy atom. The van der Waals surface area contributed by atoms with Crippen molar-refractivity contribution < 1.29 is 19.0 Å². The third-order valence-corrected chi connectivity index (χ3v) is 3.23. The van der Waals surface area contributed by atoms with E-state index in [1.54, 1.807) is 6.07 Å². The van der Waals surface area contributed by atoms with Gasteiger partial charge in [0.25, 0.3) is 0 Å². The second kappa shape index (κ2) is 6.52. The second-order valence-corrected chi connectivity index (χ2v) is 4.62. The smallest absolute Gasteiger partial charge is 0.303 e. The predicted molar refractivity (Wildman–Crippen MR) is 70.0 cm³/mol. The van der Waals surface area contributed by atoms with Crippen molar-refractivity contribution in [3.8, 4) is 0 Å². The SMILES string of the molecule is O=C(O)CCCc1cc(F)ccc1N1CCOCC1. The Bertz CT molecular complexity index is 444. The molecule has 0 aromatic heterocycles. The van der Waals surface area contributed by atoms with E-state index in [0.717, 1.165) is 24.3 Å². The highest BCUT2D eigenvalue weighted by atomic mass is 19.1. The molecule has 0 atom stereocenters. The number of carboxylic acids is 1. The highest BCUT2D eigenvalue weighted by Gasteiger charge is 2.15. The van der Waals surface area contributed by atoms with Crippen molar-refractivity contribution in [2.24, 2.45) is 0 Å². The lowest BCUT2D eigenvalue weighted by Crippen LogP contribution is -2.36. The number of ether oxygens (including phenoxy) is 1. The van der Waals surface area contributed by atoms with Gasteiger partial charge in [0, 0.05) is 25.2 Å². The summed E-state index contributed by atoms with van der Waals surface area (Å²) < 4.78 is 18.6. The maximum absolute atomic E-state index is 13.3. The number of rotatable bonds is 5. The molecule has 1 aromatic rings. The van der Waals surface area contributed by atoms with E-state index >= 15 is 0 Å². The quantitative estimate of drug-likeness (QED) is 0.887. The molecule has 1 aliphatic rings. The van der Waals surface area contributed by atoms with Crippen LogP contribution in [-0.4, -0.2) is 37.4 Å². The molecule has 5 heteroatoms. The van der Waals surface area contributed by atoms with Crippen molar-refractivity contribution in [2.75, 3.05) is 31.2 Å². The fourth-order valence-corrected chi connectivity index (χ4v) is 2.30. The Hall–Kier alpha value is -1.62. The number of halogens is 1. The molecule has 1 aromatic carbocycles. The molecule has 0 amide bonds. The van der Waals surface area contributed by atoms with E-state index in [9.17, 15) is 9.18 Å². The second-order valence-electron chi connectivity index (χ2n) is 4.62. The predicted octanol–water partition coefficient (Wildman–Crippen LogP) is 2.07. The molecule has 1 N–H and O–H groups in total. The van der Waals surface area contributed by atoms with Crippen LogP contribution in [0.2, 0.25) is 0 Å². The maximum atomic E-state index is 13.3. The zero-order chi connectivity index (χ0) is 13.7. The lowest BCUT2D eigenvalue weighted by Gasteiger charge is -2.30. The summed E-state index contributed by atoms with van der Waals surface area (Å²) in [4.78, 5) is 12.7. The third-order valence-electron chi connectivity index (χ3n) is 3.23. The number of morpholine rings is 1. The number of hydrogen-bond acceptors (Lipinski definition) is 3. The standard InChI is InChI=1S/C14H18FNO3/c15-12-4-5-13(16-6-8-19-9-7-16)11(10-12)2-1-3-14(17)18/h4-5,10H,1-3,6-9H2,(H,17,18). The largest absolute Gasteiger partial charge is 0.481 e. The first kappa shape index (κ1) is 13.8. The van der Waals surface area contributed by atoms with Gasteiger partial charge in [0.2, 0.25) is 0 Å². The highest BCUT2D eigenvalue weighted by Crippen LogP contribution is 2.24. The van der Waals surface area contributed by atoms with Gasteiger partial charge in [-0.1, -0.05) is 0 Å². The van der Waals surface area contributed by atoms with E-state index < -0.39 is 5.97 Å². The van der Waals surface area contributed by atoms with Gasteiger partial charge in [-0.15, -0.1) is 0 Å². The van der Waals surface area contributed by atoms with Crippen LogP contribution >= 0.6 is 0 Å². The molecule has 2 rings (SSSR count). The van der Waals surface area contributed by atoms with Crippen LogP contribution in [0.15, 0.2) is 18.2 Å². The number of aliphatic carboxylic acids is 1. The van der Waals surface area contributed by atoms with Crippen molar-refractivity contribution in [3.05, 3.63) is 29.6 Å². The molecule has 1 heterocycles. The van der Waals surface area contributed by atoms with Gasteiger partial charge in [-0.2, -0.15) is 0 Å². The number of benzene rings is 1. The number of carboxylic acid groups (broad SMARTS) is 1. The number of nitrogens with zero attached hydrogens (tertiary/aromatic N) is 1. The van der Waals surface area contributed by atoms with Crippen LogP contribution in [0.1, 0.15) is 18.4 Å².